The average Bonchev–Trinajstić information content (AvgIpc) is 3.56. The molecule has 3 aromatic rings. The highest BCUT2D eigenvalue weighted by atomic mass is 19.1. The van der Waals surface area contributed by atoms with E-state index in [0.29, 0.717) is 6.42 Å². The second kappa shape index (κ2) is 9.21. The molecule has 1 saturated carbocycles. The molecule has 2 aliphatic rings. The Morgan fingerprint density at radius 1 is 0.971 bits per heavy atom. The molecule has 1 fully saturated rings. The van der Waals surface area contributed by atoms with Crippen molar-refractivity contribution in [1.29, 1.82) is 0 Å². The van der Waals surface area contributed by atoms with Crippen LogP contribution in [0.5, 0.6) is 0 Å². The molecular formula is C27H23FN2O5. The van der Waals surface area contributed by atoms with Crippen LogP contribution in [0.3, 0.4) is 0 Å². The van der Waals surface area contributed by atoms with Gasteiger partial charge in [-0.3, -0.25) is 4.79 Å². The lowest BCUT2D eigenvalue weighted by molar-refractivity contribution is -0.117. The van der Waals surface area contributed by atoms with Crippen LogP contribution in [-0.2, 0) is 9.53 Å². The van der Waals surface area contributed by atoms with Gasteiger partial charge in [-0.15, -0.1) is 0 Å². The molecular weight excluding hydrogens is 451 g/mol. The number of ether oxygens (including phenoxy) is 1. The van der Waals surface area contributed by atoms with Gasteiger partial charge in [0.2, 0.25) is 5.91 Å². The summed E-state index contributed by atoms with van der Waals surface area (Å²) in [4.78, 5) is 35.8. The Balaban J connectivity index is 1.11. The van der Waals surface area contributed by atoms with Crippen molar-refractivity contribution in [2.75, 3.05) is 18.5 Å². The second-order valence-electron chi connectivity index (χ2n) is 8.83. The number of aromatic carboxylic acids is 1. The van der Waals surface area contributed by atoms with Gasteiger partial charge in [-0.05, 0) is 52.8 Å². The first-order valence-electron chi connectivity index (χ1n) is 11.3. The van der Waals surface area contributed by atoms with E-state index in [1.54, 1.807) is 0 Å². The Morgan fingerprint density at radius 2 is 1.63 bits per heavy atom. The van der Waals surface area contributed by atoms with E-state index in [2.05, 4.69) is 22.8 Å². The third-order valence-corrected chi connectivity index (χ3v) is 6.52. The quantitative estimate of drug-likeness (QED) is 0.463. The highest BCUT2D eigenvalue weighted by Crippen LogP contribution is 2.44. The Labute approximate surface area is 200 Å². The molecule has 0 bridgehead atoms. The second-order valence-corrected chi connectivity index (χ2v) is 8.83. The zero-order chi connectivity index (χ0) is 24.5. The molecule has 0 saturated heterocycles. The smallest absolute Gasteiger partial charge is 0.407 e. The van der Waals surface area contributed by atoms with Crippen molar-refractivity contribution < 1.29 is 28.6 Å². The largest absolute Gasteiger partial charge is 0.478 e. The topological polar surface area (TPSA) is 105 Å². The van der Waals surface area contributed by atoms with Crippen LogP contribution in [-0.4, -0.2) is 36.2 Å². The zero-order valence-electron chi connectivity index (χ0n) is 18.7. The first-order chi connectivity index (χ1) is 16.9. The number of fused-ring (bicyclic) bond motifs is 3. The molecule has 8 heteroatoms. The highest BCUT2D eigenvalue weighted by molar-refractivity contribution is 5.96. The molecule has 0 spiro atoms. The number of rotatable bonds is 7. The van der Waals surface area contributed by atoms with Crippen LogP contribution < -0.4 is 10.6 Å². The first-order valence-corrected chi connectivity index (χ1v) is 11.3. The van der Waals surface area contributed by atoms with E-state index in [0.717, 1.165) is 34.4 Å². The van der Waals surface area contributed by atoms with Gasteiger partial charge < -0.3 is 20.5 Å². The summed E-state index contributed by atoms with van der Waals surface area (Å²) >= 11 is 0. The fraction of sp³-hybridized carbons (Fsp3) is 0.222. The predicted octanol–water partition coefficient (Wildman–Crippen LogP) is 4.64. The number of benzene rings is 3. The number of hydrogen-bond acceptors (Lipinski definition) is 4. The number of hydrogen-bond donors (Lipinski definition) is 3. The van der Waals surface area contributed by atoms with Crippen molar-refractivity contribution in [2.24, 2.45) is 11.8 Å². The summed E-state index contributed by atoms with van der Waals surface area (Å²) in [5, 5.41) is 14.3. The summed E-state index contributed by atoms with van der Waals surface area (Å²) in [5.41, 5.74) is 4.40. The van der Waals surface area contributed by atoms with Crippen molar-refractivity contribution in [2.45, 2.75) is 12.3 Å². The Kier molecular flexibility index (Phi) is 5.94. The van der Waals surface area contributed by atoms with Crippen molar-refractivity contribution >= 4 is 23.7 Å². The third kappa shape index (κ3) is 4.73. The van der Waals surface area contributed by atoms with E-state index in [4.69, 9.17) is 9.84 Å². The van der Waals surface area contributed by atoms with Crippen molar-refractivity contribution in [3.05, 3.63) is 89.2 Å². The summed E-state index contributed by atoms with van der Waals surface area (Å²) in [6, 6.07) is 19.3. The minimum absolute atomic E-state index is 0.0328. The molecule has 0 unspecified atom stereocenters. The van der Waals surface area contributed by atoms with Crippen LogP contribution >= 0.6 is 0 Å². The average molecular weight is 474 g/mol. The van der Waals surface area contributed by atoms with Gasteiger partial charge in [0.1, 0.15) is 12.4 Å². The zero-order valence-corrected chi connectivity index (χ0v) is 18.7. The van der Waals surface area contributed by atoms with Gasteiger partial charge in [-0.25, -0.2) is 14.0 Å². The van der Waals surface area contributed by atoms with Gasteiger partial charge in [0, 0.05) is 24.1 Å². The summed E-state index contributed by atoms with van der Waals surface area (Å²) < 4.78 is 19.1. The number of carbonyl (C=O) groups excluding carboxylic acids is 2. The van der Waals surface area contributed by atoms with Crippen LogP contribution in [0.15, 0.2) is 66.7 Å². The summed E-state index contributed by atoms with van der Waals surface area (Å²) in [6.45, 7) is 0.484. The lowest BCUT2D eigenvalue weighted by Gasteiger charge is -2.14. The van der Waals surface area contributed by atoms with E-state index in [9.17, 15) is 18.8 Å². The molecule has 178 valence electrons. The number of carboxylic acid groups (broad SMARTS) is 1. The molecule has 0 radical (unpaired) electrons. The first kappa shape index (κ1) is 22.6. The van der Waals surface area contributed by atoms with E-state index in [-0.39, 0.29) is 48.1 Å². The number of halogens is 1. The SMILES string of the molecule is O=C(NC[C@@H]1C[C@@H]1C(=O)Nc1cc(F)cc(C(=O)O)c1)OCC1c2ccccc2-c2ccccc21. The maximum Gasteiger partial charge on any atom is 0.407 e. The molecule has 2 amide bonds. The van der Waals surface area contributed by atoms with Crippen molar-refractivity contribution in [3.8, 4) is 11.1 Å². The molecule has 3 N–H and O–H groups in total. The maximum absolute atomic E-state index is 13.6. The van der Waals surface area contributed by atoms with E-state index < -0.39 is 17.9 Å². The Bertz CT molecular complexity index is 1280. The van der Waals surface area contributed by atoms with Gasteiger partial charge in [0.25, 0.3) is 0 Å². The van der Waals surface area contributed by atoms with Crippen LogP contribution in [0, 0.1) is 17.7 Å². The molecule has 35 heavy (non-hydrogen) atoms. The number of carbonyl (C=O) groups is 3. The number of anilines is 1. The fourth-order valence-corrected chi connectivity index (χ4v) is 4.68. The highest BCUT2D eigenvalue weighted by Gasteiger charge is 2.43. The molecule has 0 aromatic heterocycles. The molecule has 7 nitrogen and oxygen atoms in total. The minimum atomic E-state index is -1.28. The van der Waals surface area contributed by atoms with Gasteiger partial charge >= 0.3 is 12.1 Å². The van der Waals surface area contributed by atoms with Gasteiger partial charge in [0.15, 0.2) is 0 Å². The molecule has 2 aliphatic carbocycles. The van der Waals surface area contributed by atoms with E-state index in [1.165, 1.54) is 6.07 Å². The number of alkyl carbamates (subject to hydrolysis) is 1. The minimum Gasteiger partial charge on any atom is -0.478 e. The van der Waals surface area contributed by atoms with E-state index in [1.807, 2.05) is 36.4 Å². The van der Waals surface area contributed by atoms with Gasteiger partial charge in [0.05, 0.1) is 5.56 Å². The molecule has 2 atom stereocenters. The molecule has 0 aliphatic heterocycles. The van der Waals surface area contributed by atoms with Crippen LogP contribution in [0.25, 0.3) is 11.1 Å². The summed E-state index contributed by atoms with van der Waals surface area (Å²) in [7, 11) is 0. The van der Waals surface area contributed by atoms with Crippen LogP contribution in [0.1, 0.15) is 33.8 Å². The summed E-state index contributed by atoms with van der Waals surface area (Å²) in [5.74, 6) is -2.81. The van der Waals surface area contributed by atoms with Crippen LogP contribution in [0.2, 0.25) is 0 Å². The number of amides is 2. The van der Waals surface area contributed by atoms with Gasteiger partial charge in [-0.1, -0.05) is 48.5 Å². The Hall–Kier alpha value is -4.20. The summed E-state index contributed by atoms with van der Waals surface area (Å²) in [6.07, 6.45) is 0.0190. The number of carboxylic acids is 1. The van der Waals surface area contributed by atoms with E-state index >= 15 is 0 Å². The fourth-order valence-electron chi connectivity index (χ4n) is 4.68. The Morgan fingerprint density at radius 3 is 2.29 bits per heavy atom. The normalized spacial score (nSPS) is 17.7. The third-order valence-electron chi connectivity index (χ3n) is 6.52. The molecule has 3 aromatic carbocycles. The lowest BCUT2D eigenvalue weighted by atomic mass is 9.98. The van der Waals surface area contributed by atoms with Crippen molar-refractivity contribution in [1.82, 2.24) is 5.32 Å². The van der Waals surface area contributed by atoms with Crippen LogP contribution in [0.4, 0.5) is 14.9 Å². The molecule has 5 rings (SSSR count). The van der Waals surface area contributed by atoms with Gasteiger partial charge in [-0.2, -0.15) is 0 Å². The number of nitrogens with one attached hydrogen (secondary N) is 2. The molecule has 0 heterocycles. The maximum atomic E-state index is 13.6. The van der Waals surface area contributed by atoms with Crippen molar-refractivity contribution in [3.63, 3.8) is 0 Å². The lowest BCUT2D eigenvalue weighted by Crippen LogP contribution is -2.29. The standard InChI is InChI=1S/C27H23FN2O5/c28-17-9-15(26(32)33)10-18(12-17)30-25(31)23-11-16(23)13-29-27(34)35-14-24-21-7-3-1-5-19(21)20-6-2-4-8-22(20)24/h1-10,12,16,23-24H,11,13-14H2,(H,29,34)(H,30,31)(H,32,33)/t16-,23-/m0/s1. The monoisotopic (exact) mass is 474 g/mol. The predicted molar refractivity (Wildman–Crippen MR) is 127 cm³/mol.